The van der Waals surface area contributed by atoms with E-state index in [-0.39, 0.29) is 25.7 Å². The summed E-state index contributed by atoms with van der Waals surface area (Å²) in [7, 11) is -9.91. The lowest BCUT2D eigenvalue weighted by molar-refractivity contribution is -0.161. The number of aliphatic hydroxyl groups is 1. The van der Waals surface area contributed by atoms with E-state index in [9.17, 15) is 43.2 Å². The van der Waals surface area contributed by atoms with Crippen LogP contribution < -0.4 is 0 Å². The van der Waals surface area contributed by atoms with E-state index in [0.29, 0.717) is 31.6 Å². The SMILES string of the molecule is CCC(C)CCCCCCCCCCCCCCCCC(=O)O[C@H](COC(=O)CCCCCCCCCCCCC(C)C)COP(=O)(O)OCC(O)COP(=O)(O)OC[C@@H](COC(=O)CCCCCCCCCC(C)C)OC(=O)CCCCCCCCCCCCC(C)CC. The number of carbonyl (C=O) groups is 4. The maximum Gasteiger partial charge on any atom is 0.472 e. The molecule has 5 unspecified atom stereocenters. The highest BCUT2D eigenvalue weighted by Crippen LogP contribution is 2.45. The number of esters is 4. The molecular weight excluding hydrogens is 1250 g/mol. The van der Waals surface area contributed by atoms with Crippen LogP contribution in [0.15, 0.2) is 0 Å². The lowest BCUT2D eigenvalue weighted by Gasteiger charge is -2.21. The number of ether oxygens (including phenoxy) is 4. The van der Waals surface area contributed by atoms with Crippen molar-refractivity contribution in [1.29, 1.82) is 0 Å². The topological polar surface area (TPSA) is 237 Å². The molecule has 0 amide bonds. The summed E-state index contributed by atoms with van der Waals surface area (Å²) in [5.74, 6) is 0.991. The van der Waals surface area contributed by atoms with Gasteiger partial charge in [-0.1, -0.05) is 331 Å². The molecule has 95 heavy (non-hydrogen) atoms. The van der Waals surface area contributed by atoms with Crippen LogP contribution in [0.3, 0.4) is 0 Å². The highest BCUT2D eigenvalue weighted by Gasteiger charge is 2.30. The minimum Gasteiger partial charge on any atom is -0.462 e. The van der Waals surface area contributed by atoms with Crippen LogP contribution in [0.4, 0.5) is 0 Å². The molecule has 0 aromatic carbocycles. The van der Waals surface area contributed by atoms with Crippen LogP contribution >= 0.6 is 15.6 Å². The van der Waals surface area contributed by atoms with E-state index < -0.39 is 97.5 Å². The molecule has 0 bridgehead atoms. The maximum absolute atomic E-state index is 13.1. The Labute approximate surface area is 581 Å². The first-order valence-corrected chi connectivity index (χ1v) is 42.3. The molecule has 564 valence electrons. The molecule has 0 rings (SSSR count). The number of unbranched alkanes of at least 4 members (excludes halogenated alkanes) is 37. The van der Waals surface area contributed by atoms with Crippen molar-refractivity contribution in [3.05, 3.63) is 0 Å². The van der Waals surface area contributed by atoms with Crippen molar-refractivity contribution in [1.82, 2.24) is 0 Å². The standard InChI is InChI=1S/C76H148O17P2/c1-9-68(7)54-46-38-30-22-15-13-11-12-14-16-25-33-42-50-58-75(80)92-71(62-86-73(78)56-48-40-32-24-19-17-21-28-36-44-52-66(3)4)64-90-94(82,83)88-60-70(77)61-89-95(84,85)91-65-72(63-87-74(79)57-49-41-35-27-29-37-45-53-67(5)6)93-76(81)59-51-43-34-26-20-18-23-31-39-47-55-69(8)10-2/h66-72,77H,9-65H2,1-8H3,(H,82,83)(H,84,85)/t68?,69?,70?,71-,72-/m1/s1. The van der Waals surface area contributed by atoms with Gasteiger partial charge in [0.25, 0.3) is 0 Å². The van der Waals surface area contributed by atoms with Gasteiger partial charge in [-0.3, -0.25) is 37.3 Å². The molecule has 3 N–H and O–H groups in total. The highest BCUT2D eigenvalue weighted by atomic mass is 31.2. The number of rotatable bonds is 73. The predicted octanol–water partition coefficient (Wildman–Crippen LogP) is 22.0. The monoisotopic (exact) mass is 1400 g/mol. The summed E-state index contributed by atoms with van der Waals surface area (Å²) in [6.45, 7) is 14.2. The quantitative estimate of drug-likeness (QED) is 0.0222. The summed E-state index contributed by atoms with van der Waals surface area (Å²) >= 11 is 0. The molecule has 0 spiro atoms. The summed E-state index contributed by atoms with van der Waals surface area (Å²) < 4.78 is 68.5. The van der Waals surface area contributed by atoms with Crippen molar-refractivity contribution in [2.75, 3.05) is 39.6 Å². The molecular formula is C76H148O17P2. The van der Waals surface area contributed by atoms with Gasteiger partial charge in [-0.25, -0.2) is 9.13 Å². The van der Waals surface area contributed by atoms with Crippen LogP contribution in [-0.4, -0.2) is 96.7 Å². The van der Waals surface area contributed by atoms with E-state index in [4.69, 9.17) is 37.0 Å². The molecule has 19 heteroatoms. The molecule has 0 aliphatic heterocycles. The van der Waals surface area contributed by atoms with Crippen molar-refractivity contribution >= 4 is 39.5 Å². The first-order valence-electron chi connectivity index (χ1n) is 39.3. The third kappa shape index (κ3) is 67.6. The number of phosphoric acid groups is 2. The fourth-order valence-electron chi connectivity index (χ4n) is 11.5. The van der Waals surface area contributed by atoms with Crippen molar-refractivity contribution < 1.29 is 80.2 Å². The van der Waals surface area contributed by atoms with Gasteiger partial charge >= 0.3 is 39.5 Å². The van der Waals surface area contributed by atoms with Crippen LogP contribution in [0.2, 0.25) is 0 Å². The third-order valence-corrected chi connectivity index (χ3v) is 20.2. The minimum absolute atomic E-state index is 0.105. The number of phosphoric ester groups is 2. The Balaban J connectivity index is 5.26. The van der Waals surface area contributed by atoms with Gasteiger partial charge in [0.15, 0.2) is 12.2 Å². The fourth-order valence-corrected chi connectivity index (χ4v) is 13.1. The van der Waals surface area contributed by atoms with Gasteiger partial charge in [0, 0.05) is 25.7 Å². The van der Waals surface area contributed by atoms with E-state index in [1.54, 1.807) is 0 Å². The average Bonchev–Trinajstić information content (AvgIpc) is 1.57. The van der Waals surface area contributed by atoms with Gasteiger partial charge in [-0.2, -0.15) is 0 Å². The summed E-state index contributed by atoms with van der Waals surface area (Å²) in [6.07, 6.45) is 49.9. The molecule has 7 atom stereocenters. The summed E-state index contributed by atoms with van der Waals surface area (Å²) in [4.78, 5) is 72.8. The number of aliphatic hydroxyl groups excluding tert-OH is 1. The second-order valence-electron chi connectivity index (χ2n) is 28.8. The molecule has 0 aromatic rings. The van der Waals surface area contributed by atoms with Crippen molar-refractivity contribution in [2.24, 2.45) is 23.7 Å². The Morgan fingerprint density at radius 2 is 0.505 bits per heavy atom. The molecule has 0 radical (unpaired) electrons. The molecule has 0 aromatic heterocycles. The maximum atomic E-state index is 13.1. The van der Waals surface area contributed by atoms with Crippen LogP contribution in [-0.2, 0) is 65.4 Å². The van der Waals surface area contributed by atoms with E-state index in [1.165, 1.54) is 180 Å². The zero-order chi connectivity index (χ0) is 70.3. The van der Waals surface area contributed by atoms with Crippen molar-refractivity contribution in [2.45, 2.75) is 401 Å². The fraction of sp³-hybridized carbons (Fsp3) is 0.947. The first kappa shape index (κ1) is 93.1. The molecule has 0 fully saturated rings. The molecule has 0 saturated carbocycles. The van der Waals surface area contributed by atoms with Gasteiger partial charge in [0.1, 0.15) is 19.3 Å². The number of hydrogen-bond donors (Lipinski definition) is 3. The van der Waals surface area contributed by atoms with Crippen molar-refractivity contribution in [3.8, 4) is 0 Å². The van der Waals surface area contributed by atoms with Gasteiger partial charge in [0.2, 0.25) is 0 Å². The molecule has 0 saturated heterocycles. The summed E-state index contributed by atoms with van der Waals surface area (Å²) in [5.41, 5.74) is 0. The number of hydrogen-bond acceptors (Lipinski definition) is 15. The summed E-state index contributed by atoms with van der Waals surface area (Å²) in [6, 6.07) is 0. The van der Waals surface area contributed by atoms with Gasteiger partial charge in [0.05, 0.1) is 26.4 Å². The highest BCUT2D eigenvalue weighted by molar-refractivity contribution is 7.47. The third-order valence-electron chi connectivity index (χ3n) is 18.3. The van der Waals surface area contributed by atoms with Crippen LogP contribution in [0, 0.1) is 23.7 Å². The smallest absolute Gasteiger partial charge is 0.462 e. The van der Waals surface area contributed by atoms with E-state index in [2.05, 4.69) is 55.4 Å². The Morgan fingerprint density at radius 3 is 0.747 bits per heavy atom. The van der Waals surface area contributed by atoms with Crippen molar-refractivity contribution in [3.63, 3.8) is 0 Å². The molecule has 0 aliphatic carbocycles. The van der Waals surface area contributed by atoms with Crippen LogP contribution in [0.1, 0.15) is 383 Å². The van der Waals surface area contributed by atoms with Gasteiger partial charge in [-0.15, -0.1) is 0 Å². The minimum atomic E-state index is -4.96. The Kier molecular flexibility index (Phi) is 64.0. The zero-order valence-corrected chi connectivity index (χ0v) is 64.1. The van der Waals surface area contributed by atoms with Crippen LogP contribution in [0.25, 0.3) is 0 Å². The molecule has 17 nitrogen and oxygen atoms in total. The Morgan fingerprint density at radius 1 is 0.295 bits per heavy atom. The summed E-state index contributed by atoms with van der Waals surface area (Å²) in [5, 5.41) is 10.6. The lowest BCUT2D eigenvalue weighted by Crippen LogP contribution is -2.30. The van der Waals surface area contributed by atoms with E-state index in [1.807, 2.05) is 0 Å². The van der Waals surface area contributed by atoms with Crippen LogP contribution in [0.5, 0.6) is 0 Å². The average molecular weight is 1400 g/mol. The zero-order valence-electron chi connectivity index (χ0n) is 62.3. The first-order chi connectivity index (χ1) is 45.7. The Hall–Kier alpha value is -1.94. The lowest BCUT2D eigenvalue weighted by atomic mass is 9.99. The van der Waals surface area contributed by atoms with E-state index in [0.717, 1.165) is 114 Å². The number of carbonyl (C=O) groups excluding carboxylic acids is 4. The Bertz CT molecular complexity index is 1870. The molecule has 0 heterocycles. The van der Waals surface area contributed by atoms with E-state index >= 15 is 0 Å². The largest absolute Gasteiger partial charge is 0.472 e. The predicted molar refractivity (Wildman–Crippen MR) is 386 cm³/mol. The second-order valence-corrected chi connectivity index (χ2v) is 31.7. The van der Waals surface area contributed by atoms with Gasteiger partial charge in [-0.05, 0) is 49.4 Å². The normalized spacial score (nSPS) is 14.7. The second kappa shape index (κ2) is 65.4. The van der Waals surface area contributed by atoms with Gasteiger partial charge < -0.3 is 33.8 Å². The molecule has 0 aliphatic rings.